The van der Waals surface area contributed by atoms with Gasteiger partial charge in [0, 0.05) is 12.1 Å². The number of methoxy groups -OCH3 is 1. The fraction of sp³-hybridized carbons (Fsp3) is 0.667. The maximum Gasteiger partial charge on any atom is 0.315 e. The van der Waals surface area contributed by atoms with Crippen molar-refractivity contribution in [3.8, 4) is 5.75 Å². The molecule has 2 saturated carbocycles. The number of fused-ring (bicyclic) bond motifs is 1. The van der Waals surface area contributed by atoms with Gasteiger partial charge in [-0.3, -0.25) is 0 Å². The molecular weight excluding hydrogens is 390 g/mol. The lowest BCUT2D eigenvalue weighted by Gasteiger charge is -2.34. The molecule has 0 unspecified atom stereocenters. The van der Waals surface area contributed by atoms with Crippen LogP contribution in [0.25, 0.3) is 0 Å². The van der Waals surface area contributed by atoms with Crippen molar-refractivity contribution in [2.45, 2.75) is 81.2 Å². The molecule has 29 heavy (non-hydrogen) atoms. The summed E-state index contributed by atoms with van der Waals surface area (Å²) < 4.78 is 32.9. The molecule has 8 heteroatoms. The predicted octanol–water partition coefficient (Wildman–Crippen LogP) is 2.76. The van der Waals surface area contributed by atoms with Crippen molar-refractivity contribution in [1.29, 1.82) is 0 Å². The first-order valence-electron chi connectivity index (χ1n) is 10.7. The van der Waals surface area contributed by atoms with Gasteiger partial charge in [0.2, 0.25) is 10.0 Å². The first-order valence-corrected chi connectivity index (χ1v) is 12.3. The van der Waals surface area contributed by atoms with Crippen molar-refractivity contribution in [2.75, 3.05) is 7.11 Å². The second kappa shape index (κ2) is 8.52. The molecule has 0 saturated heterocycles. The maximum absolute atomic E-state index is 12.8. The molecule has 0 heterocycles. The molecule has 2 fully saturated rings. The van der Waals surface area contributed by atoms with Crippen molar-refractivity contribution < 1.29 is 17.9 Å². The summed E-state index contributed by atoms with van der Waals surface area (Å²) >= 11 is 0. The SMILES string of the molecule is COc1ccc2c(c1)[C@@H](NC(=O)N[C@@H]1CCCC[C@H]1NS(=O)(=O)C1CC1)CCC2. The van der Waals surface area contributed by atoms with E-state index in [4.69, 9.17) is 4.74 Å². The van der Waals surface area contributed by atoms with Crippen LogP contribution in [-0.2, 0) is 16.4 Å². The number of amides is 2. The summed E-state index contributed by atoms with van der Waals surface area (Å²) in [6.45, 7) is 0. The van der Waals surface area contributed by atoms with Crippen LogP contribution in [0.4, 0.5) is 4.79 Å². The molecule has 3 N–H and O–H groups in total. The van der Waals surface area contributed by atoms with Crippen LogP contribution < -0.4 is 20.1 Å². The Morgan fingerprint density at radius 3 is 2.48 bits per heavy atom. The minimum atomic E-state index is -3.27. The average Bonchev–Trinajstić information content (AvgIpc) is 3.55. The normalized spacial score (nSPS) is 27.0. The molecule has 0 spiro atoms. The number of carbonyl (C=O) groups excluding carboxylic acids is 1. The van der Waals surface area contributed by atoms with Crippen molar-refractivity contribution >= 4 is 16.1 Å². The van der Waals surface area contributed by atoms with Crippen molar-refractivity contribution in [3.05, 3.63) is 29.3 Å². The van der Waals surface area contributed by atoms with E-state index in [1.807, 2.05) is 12.1 Å². The second-order valence-electron chi connectivity index (χ2n) is 8.49. The zero-order chi connectivity index (χ0) is 20.4. The highest BCUT2D eigenvalue weighted by Crippen LogP contribution is 2.33. The average molecular weight is 422 g/mol. The van der Waals surface area contributed by atoms with Crippen molar-refractivity contribution in [3.63, 3.8) is 0 Å². The van der Waals surface area contributed by atoms with E-state index in [2.05, 4.69) is 21.4 Å². The Morgan fingerprint density at radius 1 is 1.00 bits per heavy atom. The number of aryl methyl sites for hydroxylation is 1. The van der Waals surface area contributed by atoms with E-state index in [1.54, 1.807) is 7.11 Å². The molecule has 1 aromatic rings. The summed E-state index contributed by atoms with van der Waals surface area (Å²) in [6, 6.07) is 5.35. The van der Waals surface area contributed by atoms with Gasteiger partial charge in [-0.05, 0) is 68.2 Å². The number of benzene rings is 1. The minimum Gasteiger partial charge on any atom is -0.497 e. The topological polar surface area (TPSA) is 96.5 Å². The molecule has 2 amide bonds. The Hall–Kier alpha value is -1.80. The number of carbonyl (C=O) groups is 1. The highest BCUT2D eigenvalue weighted by atomic mass is 32.2. The molecule has 4 rings (SSSR count). The number of nitrogens with one attached hydrogen (secondary N) is 3. The zero-order valence-corrected chi connectivity index (χ0v) is 17.8. The Bertz CT molecular complexity index is 853. The standard InChI is InChI=1S/C21H31N3O4S/c1-28-15-10-9-14-5-4-8-18(17(14)13-15)22-21(25)23-19-6-2-3-7-20(19)24-29(26,27)16-11-12-16/h9-10,13,16,18-20,24H,2-8,11-12H2,1H3,(H2,22,23,25)/t18-,19+,20+/m0/s1. The second-order valence-corrected chi connectivity index (χ2v) is 10.5. The van der Waals surface area contributed by atoms with E-state index in [0.717, 1.165) is 69.1 Å². The first kappa shape index (κ1) is 20.5. The Morgan fingerprint density at radius 2 is 1.76 bits per heavy atom. The summed E-state index contributed by atoms with van der Waals surface area (Å²) in [4.78, 5) is 12.8. The predicted molar refractivity (Wildman–Crippen MR) is 111 cm³/mol. The number of ether oxygens (including phenoxy) is 1. The van der Waals surface area contributed by atoms with Gasteiger partial charge in [-0.25, -0.2) is 17.9 Å². The quantitative estimate of drug-likeness (QED) is 0.658. The molecule has 1 aromatic carbocycles. The van der Waals surface area contributed by atoms with Gasteiger partial charge >= 0.3 is 6.03 Å². The fourth-order valence-electron chi connectivity index (χ4n) is 4.55. The number of urea groups is 1. The lowest BCUT2D eigenvalue weighted by atomic mass is 9.87. The highest BCUT2D eigenvalue weighted by Gasteiger charge is 2.39. The summed E-state index contributed by atoms with van der Waals surface area (Å²) in [5, 5.41) is 5.92. The third kappa shape index (κ3) is 4.86. The van der Waals surface area contributed by atoms with E-state index in [9.17, 15) is 13.2 Å². The van der Waals surface area contributed by atoms with Crippen LogP contribution in [0.15, 0.2) is 18.2 Å². The van der Waals surface area contributed by atoms with Gasteiger partial charge < -0.3 is 15.4 Å². The molecule has 160 valence electrons. The van der Waals surface area contributed by atoms with E-state index < -0.39 is 10.0 Å². The van der Waals surface area contributed by atoms with Gasteiger partial charge in [-0.1, -0.05) is 18.9 Å². The minimum absolute atomic E-state index is 0.0564. The molecule has 3 aliphatic rings. The Labute approximate surface area is 173 Å². The van der Waals surface area contributed by atoms with Crippen molar-refractivity contribution in [1.82, 2.24) is 15.4 Å². The van der Waals surface area contributed by atoms with Crippen molar-refractivity contribution in [2.24, 2.45) is 0 Å². The number of hydrogen-bond acceptors (Lipinski definition) is 4. The monoisotopic (exact) mass is 421 g/mol. The largest absolute Gasteiger partial charge is 0.497 e. The van der Waals surface area contributed by atoms with Crippen LogP contribution in [0.3, 0.4) is 0 Å². The third-order valence-electron chi connectivity index (χ3n) is 6.33. The van der Waals surface area contributed by atoms with Gasteiger partial charge in [-0.2, -0.15) is 0 Å². The van der Waals surface area contributed by atoms with Gasteiger partial charge in [0.15, 0.2) is 0 Å². The van der Waals surface area contributed by atoms with Crippen LogP contribution >= 0.6 is 0 Å². The molecule has 0 aromatic heterocycles. The number of rotatable bonds is 6. The molecule has 7 nitrogen and oxygen atoms in total. The molecule has 0 bridgehead atoms. The first-order chi connectivity index (χ1) is 14.0. The van der Waals surface area contributed by atoms with E-state index in [-0.39, 0.29) is 29.4 Å². The number of sulfonamides is 1. The lowest BCUT2D eigenvalue weighted by Crippen LogP contribution is -2.55. The van der Waals surface area contributed by atoms with Gasteiger partial charge in [0.25, 0.3) is 0 Å². The Kier molecular flexibility index (Phi) is 6.01. The molecule has 0 aliphatic heterocycles. The number of hydrogen-bond donors (Lipinski definition) is 3. The maximum atomic E-state index is 12.8. The van der Waals surface area contributed by atoms with Gasteiger partial charge in [0.1, 0.15) is 5.75 Å². The summed E-state index contributed by atoms with van der Waals surface area (Å²) in [7, 11) is -1.62. The Balaban J connectivity index is 1.40. The van der Waals surface area contributed by atoms with Crippen LogP contribution in [0.2, 0.25) is 0 Å². The van der Waals surface area contributed by atoms with E-state index in [0.29, 0.717) is 0 Å². The van der Waals surface area contributed by atoms with E-state index >= 15 is 0 Å². The smallest absolute Gasteiger partial charge is 0.315 e. The molecule has 0 radical (unpaired) electrons. The summed E-state index contributed by atoms with van der Waals surface area (Å²) in [6.07, 6.45) is 7.93. The van der Waals surface area contributed by atoms with Crippen LogP contribution in [-0.4, -0.2) is 38.9 Å². The molecule has 3 aliphatic carbocycles. The third-order valence-corrected chi connectivity index (χ3v) is 8.31. The summed E-state index contributed by atoms with van der Waals surface area (Å²) in [5.41, 5.74) is 2.36. The lowest BCUT2D eigenvalue weighted by molar-refractivity contribution is 0.222. The highest BCUT2D eigenvalue weighted by molar-refractivity contribution is 7.90. The molecular formula is C21H31N3O4S. The van der Waals surface area contributed by atoms with E-state index in [1.165, 1.54) is 5.56 Å². The zero-order valence-electron chi connectivity index (χ0n) is 16.9. The fourth-order valence-corrected chi connectivity index (χ4v) is 6.21. The van der Waals surface area contributed by atoms with Gasteiger partial charge in [-0.15, -0.1) is 0 Å². The summed E-state index contributed by atoms with van der Waals surface area (Å²) in [5.74, 6) is 0.791. The van der Waals surface area contributed by atoms with Crippen LogP contribution in [0.1, 0.15) is 68.5 Å². The van der Waals surface area contributed by atoms with Gasteiger partial charge in [0.05, 0.1) is 18.4 Å². The van der Waals surface area contributed by atoms with Crippen LogP contribution in [0, 0.1) is 0 Å². The van der Waals surface area contributed by atoms with Crippen LogP contribution in [0.5, 0.6) is 5.75 Å². The molecule has 3 atom stereocenters.